The van der Waals surface area contributed by atoms with E-state index in [9.17, 15) is 0 Å². The second-order valence-corrected chi connectivity index (χ2v) is 6.72. The Kier molecular flexibility index (Phi) is 5.50. The van der Waals surface area contributed by atoms with Crippen LogP contribution in [0.1, 0.15) is 65.2 Å². The second-order valence-electron chi connectivity index (χ2n) is 6.72. The first-order chi connectivity index (χ1) is 8.69. The molecule has 1 saturated carbocycles. The van der Waals surface area contributed by atoms with Gasteiger partial charge in [-0.2, -0.15) is 0 Å². The maximum atomic E-state index is 3.94. The van der Waals surface area contributed by atoms with Crippen molar-refractivity contribution in [1.29, 1.82) is 0 Å². The van der Waals surface area contributed by atoms with E-state index < -0.39 is 0 Å². The summed E-state index contributed by atoms with van der Waals surface area (Å²) in [4.78, 5) is 2.50. The van der Waals surface area contributed by atoms with E-state index in [0.29, 0.717) is 0 Å². The molecule has 1 aliphatic carbocycles. The molecule has 2 fully saturated rings. The zero-order valence-corrected chi connectivity index (χ0v) is 12.6. The minimum atomic E-state index is 0.757. The number of piperidine rings is 1. The Bertz CT molecular complexity index is 233. The Hall–Kier alpha value is -0.0800. The third-order valence-corrected chi connectivity index (χ3v) is 5.22. The van der Waals surface area contributed by atoms with Crippen molar-refractivity contribution in [3.63, 3.8) is 0 Å². The van der Waals surface area contributed by atoms with Crippen LogP contribution in [0.2, 0.25) is 0 Å². The van der Waals surface area contributed by atoms with Gasteiger partial charge in [-0.05, 0) is 65.0 Å². The Morgan fingerprint density at radius 2 is 1.78 bits per heavy atom. The van der Waals surface area contributed by atoms with Crippen molar-refractivity contribution >= 4 is 0 Å². The average molecular weight is 252 g/mol. The van der Waals surface area contributed by atoms with Crippen LogP contribution >= 0.6 is 0 Å². The van der Waals surface area contributed by atoms with Gasteiger partial charge in [0.1, 0.15) is 0 Å². The maximum Gasteiger partial charge on any atom is 0.00966 e. The van der Waals surface area contributed by atoms with Crippen LogP contribution in [0.4, 0.5) is 0 Å². The molecule has 1 aliphatic heterocycles. The summed E-state index contributed by atoms with van der Waals surface area (Å²) < 4.78 is 0. The predicted molar refractivity (Wildman–Crippen MR) is 78.9 cm³/mol. The molecular weight excluding hydrogens is 220 g/mol. The zero-order valence-electron chi connectivity index (χ0n) is 12.6. The third kappa shape index (κ3) is 3.96. The van der Waals surface area contributed by atoms with E-state index in [4.69, 9.17) is 0 Å². The van der Waals surface area contributed by atoms with E-state index in [1.807, 2.05) is 0 Å². The van der Waals surface area contributed by atoms with Gasteiger partial charge in [-0.1, -0.05) is 19.8 Å². The van der Waals surface area contributed by atoms with Crippen LogP contribution in [0.15, 0.2) is 0 Å². The van der Waals surface area contributed by atoms with Gasteiger partial charge in [0.15, 0.2) is 0 Å². The molecule has 2 heteroatoms. The van der Waals surface area contributed by atoms with E-state index in [1.165, 1.54) is 57.9 Å². The number of hydrogen-bond donors (Lipinski definition) is 1. The van der Waals surface area contributed by atoms with Crippen molar-refractivity contribution in [2.45, 2.75) is 83.3 Å². The molecule has 18 heavy (non-hydrogen) atoms. The first-order valence-electron chi connectivity index (χ1n) is 8.15. The van der Waals surface area contributed by atoms with Crippen LogP contribution in [0, 0.1) is 5.92 Å². The maximum absolute atomic E-state index is 3.94. The van der Waals surface area contributed by atoms with E-state index in [2.05, 4.69) is 31.1 Å². The highest BCUT2D eigenvalue weighted by molar-refractivity contribution is 4.85. The minimum absolute atomic E-state index is 0.757. The van der Waals surface area contributed by atoms with Gasteiger partial charge in [-0.3, -0.25) is 0 Å². The van der Waals surface area contributed by atoms with Gasteiger partial charge < -0.3 is 10.2 Å². The summed E-state index contributed by atoms with van der Waals surface area (Å²) in [5.74, 6) is 1.03. The summed E-state index contributed by atoms with van der Waals surface area (Å²) in [5, 5.41) is 3.94. The van der Waals surface area contributed by atoms with Crippen molar-refractivity contribution in [3.8, 4) is 0 Å². The summed E-state index contributed by atoms with van der Waals surface area (Å²) in [6.45, 7) is 5.96. The Balaban J connectivity index is 1.68. The number of nitrogens with zero attached hydrogens (tertiary/aromatic N) is 1. The molecule has 106 valence electrons. The molecule has 1 saturated heterocycles. The Morgan fingerprint density at radius 1 is 1.06 bits per heavy atom. The number of rotatable bonds is 4. The van der Waals surface area contributed by atoms with Gasteiger partial charge in [0, 0.05) is 18.1 Å². The van der Waals surface area contributed by atoms with Crippen LogP contribution < -0.4 is 5.32 Å². The van der Waals surface area contributed by atoms with Gasteiger partial charge in [0.05, 0.1) is 0 Å². The quantitative estimate of drug-likeness (QED) is 0.825. The number of likely N-dealkylation sites (tertiary alicyclic amines) is 1. The lowest BCUT2D eigenvalue weighted by atomic mass is 9.83. The normalized spacial score (nSPS) is 38.8. The second kappa shape index (κ2) is 6.91. The summed E-state index contributed by atoms with van der Waals surface area (Å²) in [7, 11) is 2.26. The van der Waals surface area contributed by atoms with Crippen LogP contribution in [0.25, 0.3) is 0 Å². The molecule has 0 amide bonds. The molecule has 2 aliphatic rings. The van der Waals surface area contributed by atoms with Crippen molar-refractivity contribution in [1.82, 2.24) is 10.2 Å². The lowest BCUT2D eigenvalue weighted by Crippen LogP contribution is -2.49. The summed E-state index contributed by atoms with van der Waals surface area (Å²) >= 11 is 0. The minimum Gasteiger partial charge on any atom is -0.311 e. The molecule has 0 aromatic heterocycles. The van der Waals surface area contributed by atoms with Gasteiger partial charge in [0.2, 0.25) is 0 Å². The predicted octanol–water partition coefficient (Wildman–Crippen LogP) is 3.42. The summed E-state index contributed by atoms with van der Waals surface area (Å²) in [5.41, 5.74) is 0. The fourth-order valence-electron chi connectivity index (χ4n) is 3.80. The topological polar surface area (TPSA) is 15.3 Å². The van der Waals surface area contributed by atoms with E-state index in [0.717, 1.165) is 24.0 Å². The molecular formula is C16H32N2. The van der Waals surface area contributed by atoms with Crippen molar-refractivity contribution < 1.29 is 0 Å². The van der Waals surface area contributed by atoms with Crippen molar-refractivity contribution in [3.05, 3.63) is 0 Å². The first-order valence-corrected chi connectivity index (χ1v) is 8.15. The lowest BCUT2D eigenvalue weighted by molar-refractivity contribution is 0.152. The third-order valence-electron chi connectivity index (χ3n) is 5.22. The van der Waals surface area contributed by atoms with Crippen LogP contribution in [0.5, 0.6) is 0 Å². The van der Waals surface area contributed by atoms with E-state index in [1.54, 1.807) is 0 Å². The van der Waals surface area contributed by atoms with Gasteiger partial charge in [-0.25, -0.2) is 0 Å². The SMILES string of the molecule is CCCC1CCC(NC2CCN(C)C(C)C2)CC1. The lowest BCUT2D eigenvalue weighted by Gasteiger charge is -2.39. The van der Waals surface area contributed by atoms with Crippen LogP contribution in [-0.4, -0.2) is 36.6 Å². The smallest absolute Gasteiger partial charge is 0.00966 e. The fraction of sp³-hybridized carbons (Fsp3) is 1.00. The standard InChI is InChI=1S/C16H32N2/c1-4-5-14-6-8-15(9-7-14)17-16-10-11-18(3)13(2)12-16/h13-17H,4-12H2,1-3H3. The van der Waals surface area contributed by atoms with E-state index >= 15 is 0 Å². The molecule has 0 radical (unpaired) electrons. The molecule has 0 bridgehead atoms. The molecule has 1 heterocycles. The number of nitrogens with one attached hydrogen (secondary N) is 1. The fourth-order valence-corrected chi connectivity index (χ4v) is 3.80. The van der Waals surface area contributed by atoms with Crippen molar-refractivity contribution in [2.75, 3.05) is 13.6 Å². The molecule has 0 aromatic carbocycles. The Morgan fingerprint density at radius 3 is 2.39 bits per heavy atom. The monoisotopic (exact) mass is 252 g/mol. The molecule has 2 atom stereocenters. The van der Waals surface area contributed by atoms with Gasteiger partial charge in [-0.15, -0.1) is 0 Å². The van der Waals surface area contributed by atoms with Crippen LogP contribution in [0.3, 0.4) is 0 Å². The number of hydrogen-bond acceptors (Lipinski definition) is 2. The Labute approximate surface area is 114 Å². The molecule has 0 aromatic rings. The summed E-state index contributed by atoms with van der Waals surface area (Å²) in [6, 6.07) is 2.36. The molecule has 2 nitrogen and oxygen atoms in total. The first kappa shape index (κ1) is 14.3. The van der Waals surface area contributed by atoms with Crippen molar-refractivity contribution in [2.24, 2.45) is 5.92 Å². The highest BCUT2D eigenvalue weighted by Crippen LogP contribution is 2.28. The van der Waals surface area contributed by atoms with Crippen LogP contribution in [-0.2, 0) is 0 Å². The largest absolute Gasteiger partial charge is 0.311 e. The van der Waals surface area contributed by atoms with E-state index in [-0.39, 0.29) is 0 Å². The highest BCUT2D eigenvalue weighted by Gasteiger charge is 2.26. The molecule has 1 N–H and O–H groups in total. The van der Waals surface area contributed by atoms with Gasteiger partial charge in [0.25, 0.3) is 0 Å². The zero-order chi connectivity index (χ0) is 13.0. The summed E-state index contributed by atoms with van der Waals surface area (Å²) in [6.07, 6.45) is 11.3. The average Bonchev–Trinajstić information content (AvgIpc) is 2.37. The van der Waals surface area contributed by atoms with Gasteiger partial charge >= 0.3 is 0 Å². The molecule has 2 rings (SSSR count). The molecule has 2 unspecified atom stereocenters. The molecule has 0 spiro atoms. The highest BCUT2D eigenvalue weighted by atomic mass is 15.1.